The van der Waals surface area contributed by atoms with E-state index in [1.165, 1.54) is 13.2 Å². The van der Waals surface area contributed by atoms with Crippen LogP contribution in [0.25, 0.3) is 5.76 Å². The molecule has 0 spiro atoms. The smallest absolute Gasteiger partial charge is 0.187 e. The van der Waals surface area contributed by atoms with E-state index in [0.717, 1.165) is 5.56 Å². The van der Waals surface area contributed by atoms with Crippen molar-refractivity contribution in [2.75, 3.05) is 7.11 Å². The van der Waals surface area contributed by atoms with Gasteiger partial charge in [-0.3, -0.25) is 0 Å². The molecule has 1 aromatic carbocycles. The largest absolute Gasteiger partial charge is 0.507 e. The van der Waals surface area contributed by atoms with Crippen LogP contribution in [0.4, 0.5) is 0 Å². The number of hydrogen-bond donors (Lipinski definition) is 1. The molecule has 0 unspecified atom stereocenters. The maximum absolute atomic E-state index is 9.52. The minimum atomic E-state index is 0.118. The van der Waals surface area contributed by atoms with Crippen molar-refractivity contribution in [3.63, 3.8) is 0 Å². The number of ether oxygens (including phenoxy) is 1. The normalized spacial score (nSPS) is 11.0. The Labute approximate surface area is 82.5 Å². The highest BCUT2D eigenvalue weighted by molar-refractivity contribution is 7.80. The Morgan fingerprint density at radius 2 is 2.00 bits per heavy atom. The van der Waals surface area contributed by atoms with Gasteiger partial charge in [0.2, 0.25) is 0 Å². The van der Waals surface area contributed by atoms with Gasteiger partial charge < -0.3 is 9.84 Å². The second-order valence-corrected chi connectivity index (χ2v) is 2.82. The molecule has 0 aliphatic heterocycles. The first-order valence-corrected chi connectivity index (χ1v) is 4.19. The lowest BCUT2D eigenvalue weighted by Crippen LogP contribution is -1.93. The van der Waals surface area contributed by atoms with Crippen LogP contribution in [0, 0.1) is 0 Å². The molecule has 0 aromatic heterocycles. The van der Waals surface area contributed by atoms with Gasteiger partial charge in [-0.25, -0.2) is 0 Å². The first-order chi connectivity index (χ1) is 6.24. The number of benzene rings is 1. The van der Waals surface area contributed by atoms with Gasteiger partial charge in [-0.15, -0.1) is 0 Å². The molecule has 0 saturated carbocycles. The van der Waals surface area contributed by atoms with Crippen molar-refractivity contribution in [2.24, 2.45) is 0 Å². The third kappa shape index (κ3) is 2.87. The molecule has 1 aromatic rings. The van der Waals surface area contributed by atoms with Gasteiger partial charge in [-0.2, -0.15) is 0 Å². The van der Waals surface area contributed by atoms with Crippen molar-refractivity contribution in [1.29, 1.82) is 0 Å². The maximum Gasteiger partial charge on any atom is 0.187 e. The summed E-state index contributed by atoms with van der Waals surface area (Å²) < 4.78 is 4.74. The maximum atomic E-state index is 9.52. The monoisotopic (exact) mass is 194 g/mol. The molecular formula is C10H10O2S. The Balaban J connectivity index is 2.85. The molecule has 0 aliphatic carbocycles. The number of rotatable bonds is 2. The summed E-state index contributed by atoms with van der Waals surface area (Å²) in [6.07, 6.45) is 1.41. The average molecular weight is 194 g/mol. The van der Waals surface area contributed by atoms with E-state index in [1.807, 2.05) is 18.2 Å². The molecule has 0 saturated heterocycles. The topological polar surface area (TPSA) is 29.5 Å². The van der Waals surface area contributed by atoms with Crippen LogP contribution in [0.3, 0.4) is 0 Å². The number of aliphatic hydroxyl groups excluding tert-OH is 1. The predicted octanol–water partition coefficient (Wildman–Crippen LogP) is 2.56. The van der Waals surface area contributed by atoms with Crippen molar-refractivity contribution in [1.82, 2.24) is 0 Å². The molecule has 0 amide bonds. The molecule has 0 atom stereocenters. The van der Waals surface area contributed by atoms with Gasteiger partial charge in [0.25, 0.3) is 0 Å². The SMILES string of the molecule is COC(=S)C=C(O)c1ccccc1. The number of methoxy groups -OCH3 is 1. The highest BCUT2D eigenvalue weighted by atomic mass is 32.1. The lowest BCUT2D eigenvalue weighted by atomic mass is 10.2. The molecule has 1 rings (SSSR count). The standard InChI is InChI=1S/C10H10O2S/c1-12-10(13)7-9(11)8-5-3-2-4-6-8/h2-7,11H,1H3. The second-order valence-electron chi connectivity index (χ2n) is 2.42. The van der Waals surface area contributed by atoms with Crippen LogP contribution in [-0.2, 0) is 4.74 Å². The van der Waals surface area contributed by atoms with Crippen molar-refractivity contribution in [2.45, 2.75) is 0 Å². The molecular weight excluding hydrogens is 184 g/mol. The van der Waals surface area contributed by atoms with Crippen LogP contribution >= 0.6 is 12.2 Å². The van der Waals surface area contributed by atoms with Gasteiger partial charge in [-0.1, -0.05) is 30.3 Å². The van der Waals surface area contributed by atoms with Crippen LogP contribution in [-0.4, -0.2) is 17.3 Å². The minimum Gasteiger partial charge on any atom is -0.507 e. The van der Waals surface area contributed by atoms with Gasteiger partial charge in [0.05, 0.1) is 7.11 Å². The number of hydrogen-bond acceptors (Lipinski definition) is 3. The fourth-order valence-electron chi connectivity index (χ4n) is 0.863. The fraction of sp³-hybridized carbons (Fsp3) is 0.100. The Kier molecular flexibility index (Phi) is 3.46. The van der Waals surface area contributed by atoms with Crippen LogP contribution in [0.5, 0.6) is 0 Å². The molecule has 2 nitrogen and oxygen atoms in total. The van der Waals surface area contributed by atoms with E-state index in [2.05, 4.69) is 0 Å². The summed E-state index contributed by atoms with van der Waals surface area (Å²) in [6.45, 7) is 0. The lowest BCUT2D eigenvalue weighted by Gasteiger charge is -1.99. The third-order valence-corrected chi connectivity index (χ3v) is 1.81. The molecule has 1 N–H and O–H groups in total. The summed E-state index contributed by atoms with van der Waals surface area (Å²) in [4.78, 5) is 0. The molecule has 13 heavy (non-hydrogen) atoms. The Hall–Kier alpha value is -1.35. The van der Waals surface area contributed by atoms with Crippen molar-refractivity contribution >= 4 is 23.0 Å². The molecule has 0 radical (unpaired) electrons. The number of aliphatic hydroxyl groups is 1. The van der Waals surface area contributed by atoms with Gasteiger partial charge in [-0.05, 0) is 12.2 Å². The van der Waals surface area contributed by atoms with Crippen molar-refractivity contribution in [3.8, 4) is 0 Å². The second kappa shape index (κ2) is 4.62. The number of thiocarbonyl (C=S) groups is 1. The summed E-state index contributed by atoms with van der Waals surface area (Å²) in [5.41, 5.74) is 0.724. The van der Waals surface area contributed by atoms with Crippen molar-refractivity contribution < 1.29 is 9.84 Å². The molecule has 0 aliphatic rings. The first kappa shape index (κ1) is 9.74. The fourth-order valence-corrected chi connectivity index (χ4v) is 0.974. The Morgan fingerprint density at radius 3 is 2.54 bits per heavy atom. The first-order valence-electron chi connectivity index (χ1n) is 3.78. The average Bonchev–Trinajstić information content (AvgIpc) is 2.19. The van der Waals surface area contributed by atoms with E-state index in [0.29, 0.717) is 0 Å². The van der Waals surface area contributed by atoms with E-state index in [-0.39, 0.29) is 10.8 Å². The van der Waals surface area contributed by atoms with E-state index < -0.39 is 0 Å². The highest BCUT2D eigenvalue weighted by Crippen LogP contribution is 2.10. The molecule has 0 fully saturated rings. The van der Waals surface area contributed by atoms with Gasteiger partial charge in [0.1, 0.15) is 5.76 Å². The zero-order chi connectivity index (χ0) is 9.68. The Morgan fingerprint density at radius 1 is 1.38 bits per heavy atom. The van der Waals surface area contributed by atoms with Crippen LogP contribution in [0.2, 0.25) is 0 Å². The summed E-state index contributed by atoms with van der Waals surface area (Å²) in [6, 6.07) is 9.16. The predicted molar refractivity (Wildman–Crippen MR) is 56.7 cm³/mol. The van der Waals surface area contributed by atoms with Crippen LogP contribution in [0.15, 0.2) is 36.4 Å². The summed E-state index contributed by atoms with van der Waals surface area (Å²) >= 11 is 4.77. The van der Waals surface area contributed by atoms with E-state index in [1.54, 1.807) is 12.1 Å². The summed E-state index contributed by atoms with van der Waals surface area (Å²) in [5.74, 6) is 0.118. The zero-order valence-corrected chi connectivity index (χ0v) is 8.04. The van der Waals surface area contributed by atoms with Gasteiger partial charge in [0, 0.05) is 11.6 Å². The van der Waals surface area contributed by atoms with E-state index in [4.69, 9.17) is 17.0 Å². The quantitative estimate of drug-likeness (QED) is 0.445. The lowest BCUT2D eigenvalue weighted by molar-refractivity contribution is 0.416. The highest BCUT2D eigenvalue weighted by Gasteiger charge is 1.98. The third-order valence-electron chi connectivity index (χ3n) is 1.53. The molecule has 0 heterocycles. The van der Waals surface area contributed by atoms with Crippen LogP contribution in [0.1, 0.15) is 5.56 Å². The van der Waals surface area contributed by atoms with E-state index in [9.17, 15) is 5.11 Å². The molecule has 3 heteroatoms. The summed E-state index contributed by atoms with van der Waals surface area (Å²) in [7, 11) is 1.47. The molecule has 68 valence electrons. The zero-order valence-electron chi connectivity index (χ0n) is 7.23. The minimum absolute atomic E-state index is 0.118. The van der Waals surface area contributed by atoms with Gasteiger partial charge >= 0.3 is 0 Å². The Bertz CT molecular complexity index is 317. The van der Waals surface area contributed by atoms with E-state index >= 15 is 0 Å². The molecule has 0 bridgehead atoms. The van der Waals surface area contributed by atoms with Crippen LogP contribution < -0.4 is 0 Å². The van der Waals surface area contributed by atoms with Crippen molar-refractivity contribution in [3.05, 3.63) is 42.0 Å². The summed E-state index contributed by atoms with van der Waals surface area (Å²) in [5, 5.41) is 9.78. The van der Waals surface area contributed by atoms with Gasteiger partial charge in [0.15, 0.2) is 5.05 Å².